The first kappa shape index (κ1) is 99.1. The van der Waals surface area contributed by atoms with E-state index in [1.807, 2.05) is 0 Å². The molecule has 0 aliphatic heterocycles. The number of ether oxygens (including phenoxy) is 4. The van der Waals surface area contributed by atoms with Crippen molar-refractivity contribution < 1.29 is 80.2 Å². The molecule has 101 heavy (non-hydrogen) atoms. The number of carbonyl (C=O) groups is 4. The number of hydrogen-bond donors (Lipinski definition) is 3. The highest BCUT2D eigenvalue weighted by atomic mass is 31.2. The first-order valence-electron chi connectivity index (χ1n) is 42.3. The quantitative estimate of drug-likeness (QED) is 0.0222. The molecule has 3 N–H and O–H groups in total. The van der Waals surface area contributed by atoms with Gasteiger partial charge in [0.05, 0.1) is 26.4 Å². The fourth-order valence-corrected chi connectivity index (χ4v) is 14.1. The number of unbranched alkanes of at least 4 members (excludes halogenated alkanes) is 43. The Labute approximate surface area is 619 Å². The minimum Gasteiger partial charge on any atom is -0.462 e. The summed E-state index contributed by atoms with van der Waals surface area (Å²) in [7, 11) is -9.92. The van der Waals surface area contributed by atoms with Crippen molar-refractivity contribution in [3.8, 4) is 0 Å². The van der Waals surface area contributed by atoms with E-state index in [9.17, 15) is 43.2 Å². The number of rotatable bonds is 79. The second-order valence-electron chi connectivity index (χ2n) is 31.0. The van der Waals surface area contributed by atoms with Crippen molar-refractivity contribution in [2.45, 2.75) is 440 Å². The molecule has 600 valence electrons. The van der Waals surface area contributed by atoms with Crippen LogP contribution in [-0.4, -0.2) is 96.7 Å². The predicted octanol–water partition coefficient (Wildman–Crippen LogP) is 24.4. The summed E-state index contributed by atoms with van der Waals surface area (Å²) in [5.41, 5.74) is 0. The molecule has 4 unspecified atom stereocenters. The Morgan fingerprint density at radius 1 is 0.277 bits per heavy atom. The average Bonchev–Trinajstić information content (AvgIpc) is 0.960. The van der Waals surface area contributed by atoms with Gasteiger partial charge in [0, 0.05) is 25.7 Å². The van der Waals surface area contributed by atoms with Gasteiger partial charge in [-0.2, -0.15) is 0 Å². The minimum atomic E-state index is -4.96. The molecule has 0 radical (unpaired) electrons. The van der Waals surface area contributed by atoms with E-state index in [2.05, 4.69) is 55.4 Å². The lowest BCUT2D eigenvalue weighted by molar-refractivity contribution is -0.161. The van der Waals surface area contributed by atoms with Crippen LogP contribution in [0, 0.1) is 23.7 Å². The summed E-state index contributed by atoms with van der Waals surface area (Å²) >= 11 is 0. The first-order chi connectivity index (χ1) is 48.7. The van der Waals surface area contributed by atoms with Crippen LogP contribution < -0.4 is 0 Å². The molecule has 0 aliphatic carbocycles. The summed E-state index contributed by atoms with van der Waals surface area (Å²) in [6, 6.07) is 0. The van der Waals surface area contributed by atoms with Gasteiger partial charge >= 0.3 is 39.5 Å². The molecular formula is C82H160O17P2. The number of aliphatic hydroxyl groups is 1. The van der Waals surface area contributed by atoms with Gasteiger partial charge in [-0.25, -0.2) is 9.13 Å². The summed E-state index contributed by atoms with van der Waals surface area (Å²) in [5, 5.41) is 10.6. The van der Waals surface area contributed by atoms with E-state index in [0.717, 1.165) is 114 Å². The van der Waals surface area contributed by atoms with Crippen molar-refractivity contribution in [1.29, 1.82) is 0 Å². The molecular weight excluding hydrogens is 1320 g/mol. The number of esters is 4. The van der Waals surface area contributed by atoms with Crippen LogP contribution in [0.4, 0.5) is 0 Å². The maximum atomic E-state index is 13.1. The molecule has 0 aromatic heterocycles. The van der Waals surface area contributed by atoms with Gasteiger partial charge < -0.3 is 33.8 Å². The number of hydrogen-bond acceptors (Lipinski definition) is 15. The van der Waals surface area contributed by atoms with Crippen LogP contribution in [0.1, 0.15) is 421 Å². The van der Waals surface area contributed by atoms with Gasteiger partial charge in [0.1, 0.15) is 19.3 Å². The smallest absolute Gasteiger partial charge is 0.462 e. The molecule has 0 fully saturated rings. The fourth-order valence-electron chi connectivity index (χ4n) is 12.5. The lowest BCUT2D eigenvalue weighted by Crippen LogP contribution is -2.30. The van der Waals surface area contributed by atoms with Gasteiger partial charge in [0.15, 0.2) is 12.2 Å². The van der Waals surface area contributed by atoms with Crippen LogP contribution in [0.5, 0.6) is 0 Å². The molecule has 17 nitrogen and oxygen atoms in total. The molecule has 0 bridgehead atoms. The van der Waals surface area contributed by atoms with Gasteiger partial charge in [0.2, 0.25) is 0 Å². The Kier molecular flexibility index (Phi) is 69.6. The lowest BCUT2D eigenvalue weighted by Gasteiger charge is -2.21. The van der Waals surface area contributed by atoms with Crippen molar-refractivity contribution in [1.82, 2.24) is 0 Å². The van der Waals surface area contributed by atoms with E-state index in [-0.39, 0.29) is 25.7 Å². The van der Waals surface area contributed by atoms with Crippen molar-refractivity contribution >= 4 is 39.5 Å². The molecule has 0 saturated carbocycles. The topological polar surface area (TPSA) is 237 Å². The van der Waals surface area contributed by atoms with E-state index in [1.54, 1.807) is 0 Å². The fraction of sp³-hybridized carbons (Fsp3) is 0.951. The Bertz CT molecular complexity index is 1980. The van der Waals surface area contributed by atoms with Crippen LogP contribution in [-0.2, 0) is 65.4 Å². The number of aliphatic hydroxyl groups excluding tert-OH is 1. The standard InChI is InChI=1S/C82H160O17P2/c1-9-74(7)60-52-44-36-28-19-17-15-13-11-12-14-16-18-20-31-40-48-56-64-81(86)98-77(68-92-79(84)62-54-46-38-30-24-22-29-37-45-53-61-75(8)10-2)70-96-100(88,89)94-66-76(83)67-95-101(90,91)97-71-78(69-93-80(85)63-55-47-39-33-25-27-35-43-51-59-73(5)6)99-82(87)65-57-49-41-32-23-21-26-34-42-50-58-72(3)4/h72-78,83H,9-71H2,1-8H3,(H,88,89)(H,90,91)/t74?,75?,76-,77-,78-/m1/s1. The Morgan fingerprint density at radius 2 is 0.475 bits per heavy atom. The van der Waals surface area contributed by atoms with Gasteiger partial charge in [-0.3, -0.25) is 37.3 Å². The summed E-state index contributed by atoms with van der Waals surface area (Å²) in [5.74, 6) is 1.06. The summed E-state index contributed by atoms with van der Waals surface area (Å²) in [6.07, 6.45) is 58.2. The third-order valence-corrected chi connectivity index (χ3v) is 21.7. The number of phosphoric acid groups is 2. The highest BCUT2D eigenvalue weighted by molar-refractivity contribution is 7.47. The molecule has 0 aromatic carbocycles. The normalized spacial score (nSPS) is 14.5. The minimum absolute atomic E-state index is 0.105. The largest absolute Gasteiger partial charge is 0.472 e. The van der Waals surface area contributed by atoms with Crippen molar-refractivity contribution in [2.24, 2.45) is 23.7 Å². The van der Waals surface area contributed by atoms with Crippen LogP contribution >= 0.6 is 15.6 Å². The monoisotopic (exact) mass is 1480 g/mol. The van der Waals surface area contributed by atoms with Gasteiger partial charge in [-0.05, 0) is 49.4 Å². The molecule has 0 aliphatic rings. The Morgan fingerprint density at radius 3 is 0.703 bits per heavy atom. The molecule has 0 aromatic rings. The maximum Gasteiger partial charge on any atom is 0.472 e. The van der Waals surface area contributed by atoms with E-state index >= 15 is 0 Å². The maximum absolute atomic E-state index is 13.1. The van der Waals surface area contributed by atoms with Gasteiger partial charge in [0.25, 0.3) is 0 Å². The molecule has 0 saturated heterocycles. The zero-order chi connectivity index (χ0) is 74.6. The highest BCUT2D eigenvalue weighted by Crippen LogP contribution is 2.45. The number of carbonyl (C=O) groups excluding carboxylic acids is 4. The first-order valence-corrected chi connectivity index (χ1v) is 45.3. The zero-order valence-electron chi connectivity index (χ0n) is 66.5. The van der Waals surface area contributed by atoms with Crippen LogP contribution in [0.3, 0.4) is 0 Å². The molecule has 7 atom stereocenters. The van der Waals surface area contributed by atoms with E-state index in [0.29, 0.717) is 25.7 Å². The van der Waals surface area contributed by atoms with E-state index < -0.39 is 97.5 Å². The molecule has 19 heteroatoms. The van der Waals surface area contributed by atoms with Gasteiger partial charge in [-0.15, -0.1) is 0 Å². The summed E-state index contributed by atoms with van der Waals surface area (Å²) in [4.78, 5) is 73.1. The zero-order valence-corrected chi connectivity index (χ0v) is 68.3. The molecule has 0 spiro atoms. The van der Waals surface area contributed by atoms with Crippen molar-refractivity contribution in [3.63, 3.8) is 0 Å². The molecule has 0 rings (SSSR count). The van der Waals surface area contributed by atoms with Crippen LogP contribution in [0.15, 0.2) is 0 Å². The summed E-state index contributed by atoms with van der Waals surface area (Å²) in [6.45, 7) is 14.3. The van der Waals surface area contributed by atoms with Crippen LogP contribution in [0.25, 0.3) is 0 Å². The molecule has 0 heterocycles. The average molecular weight is 1480 g/mol. The second kappa shape index (κ2) is 71.0. The second-order valence-corrected chi connectivity index (χ2v) is 33.9. The summed E-state index contributed by atoms with van der Waals surface area (Å²) < 4.78 is 68.7. The SMILES string of the molecule is CCC(C)CCCCCCCCCCCCCCCCCCCCC(=O)O[C@H](COC(=O)CCCCCCCCCCCCC(C)CC)COP(=O)(O)OC[C@@H](O)COP(=O)(O)OC[C@@H](COC(=O)CCCCCCCCCCCC(C)C)OC(=O)CCCCCCCCCCCCC(C)C. The molecule has 0 amide bonds. The lowest BCUT2D eigenvalue weighted by atomic mass is 9.99. The highest BCUT2D eigenvalue weighted by Gasteiger charge is 2.30. The van der Waals surface area contributed by atoms with E-state index in [4.69, 9.17) is 37.0 Å². The van der Waals surface area contributed by atoms with E-state index in [1.165, 1.54) is 225 Å². The van der Waals surface area contributed by atoms with Gasteiger partial charge in [-0.1, -0.05) is 370 Å². The van der Waals surface area contributed by atoms with Crippen molar-refractivity contribution in [2.75, 3.05) is 39.6 Å². The van der Waals surface area contributed by atoms with Crippen LogP contribution in [0.2, 0.25) is 0 Å². The third-order valence-electron chi connectivity index (χ3n) is 19.8. The Hall–Kier alpha value is -1.94. The van der Waals surface area contributed by atoms with Crippen molar-refractivity contribution in [3.05, 3.63) is 0 Å². The Balaban J connectivity index is 5.23. The predicted molar refractivity (Wildman–Crippen MR) is 414 cm³/mol. The third kappa shape index (κ3) is 73.4. The number of phosphoric ester groups is 2.